The standard InChI is InChI=1S/C20H20N4O2/c25-16-7-5-15(6-8-16)24(18-13-14-3-1-2-4-17(14)26-18)20-19-21-9-11-23(19)12-10-22-20/h1-4,9-13,15-16,25H,5-8H2. The van der Waals surface area contributed by atoms with Crippen LogP contribution in [0.25, 0.3) is 16.6 Å². The number of aliphatic hydroxyl groups excluding tert-OH is 1. The lowest BCUT2D eigenvalue weighted by Gasteiger charge is -2.34. The molecule has 0 unspecified atom stereocenters. The predicted octanol–water partition coefficient (Wildman–Crippen LogP) is 3.92. The number of fused-ring (bicyclic) bond motifs is 2. The van der Waals surface area contributed by atoms with Crippen LogP contribution in [-0.2, 0) is 0 Å². The Morgan fingerprint density at radius 3 is 2.62 bits per heavy atom. The monoisotopic (exact) mass is 348 g/mol. The Hall–Kier alpha value is -2.86. The second-order valence-electron chi connectivity index (χ2n) is 6.86. The summed E-state index contributed by atoms with van der Waals surface area (Å²) in [6.07, 6.45) is 10.5. The molecule has 3 aromatic heterocycles. The molecule has 0 spiro atoms. The molecule has 1 N–H and O–H groups in total. The minimum absolute atomic E-state index is 0.209. The van der Waals surface area contributed by atoms with Crippen LogP contribution in [0.2, 0.25) is 0 Å². The molecule has 6 heteroatoms. The van der Waals surface area contributed by atoms with Gasteiger partial charge >= 0.3 is 0 Å². The van der Waals surface area contributed by atoms with Crippen LogP contribution in [0.3, 0.4) is 0 Å². The van der Waals surface area contributed by atoms with Gasteiger partial charge in [-0.2, -0.15) is 0 Å². The number of rotatable bonds is 3. The number of aromatic nitrogens is 3. The fraction of sp³-hybridized carbons (Fsp3) is 0.300. The molecule has 0 bridgehead atoms. The second-order valence-corrected chi connectivity index (χ2v) is 6.86. The summed E-state index contributed by atoms with van der Waals surface area (Å²) in [5, 5.41) is 11.0. The summed E-state index contributed by atoms with van der Waals surface area (Å²) in [6, 6.07) is 10.3. The summed E-state index contributed by atoms with van der Waals surface area (Å²) in [4.78, 5) is 11.3. The van der Waals surface area contributed by atoms with Gasteiger partial charge in [-0.05, 0) is 31.7 Å². The Kier molecular flexibility index (Phi) is 3.64. The van der Waals surface area contributed by atoms with E-state index in [9.17, 15) is 5.11 Å². The molecular weight excluding hydrogens is 328 g/mol. The molecule has 1 saturated carbocycles. The number of furan rings is 1. The SMILES string of the molecule is OC1CCC(N(c2cc3ccccc3o2)c2nccn3ccnc23)CC1. The molecule has 1 aromatic carbocycles. The highest BCUT2D eigenvalue weighted by molar-refractivity contribution is 5.83. The third-order valence-electron chi connectivity index (χ3n) is 5.20. The van der Waals surface area contributed by atoms with Crippen LogP contribution in [0.1, 0.15) is 25.7 Å². The van der Waals surface area contributed by atoms with Gasteiger partial charge in [0.1, 0.15) is 5.58 Å². The Bertz CT molecular complexity index is 1010. The lowest BCUT2D eigenvalue weighted by molar-refractivity contribution is 0.122. The average Bonchev–Trinajstić information content (AvgIpc) is 3.30. The number of nitrogens with zero attached hydrogens (tertiary/aromatic N) is 4. The van der Waals surface area contributed by atoms with Gasteiger partial charge in [0, 0.05) is 42.3 Å². The van der Waals surface area contributed by atoms with E-state index in [1.807, 2.05) is 35.0 Å². The van der Waals surface area contributed by atoms with Gasteiger partial charge in [0.2, 0.25) is 5.88 Å². The van der Waals surface area contributed by atoms with Crippen molar-refractivity contribution >= 4 is 28.3 Å². The highest BCUT2D eigenvalue weighted by Gasteiger charge is 2.30. The number of aliphatic hydroxyl groups is 1. The van der Waals surface area contributed by atoms with Gasteiger partial charge in [-0.1, -0.05) is 18.2 Å². The number of hydrogen-bond acceptors (Lipinski definition) is 5. The first-order chi connectivity index (χ1) is 12.8. The van der Waals surface area contributed by atoms with E-state index in [2.05, 4.69) is 27.0 Å². The Morgan fingerprint density at radius 1 is 1.04 bits per heavy atom. The van der Waals surface area contributed by atoms with Gasteiger partial charge < -0.3 is 13.9 Å². The highest BCUT2D eigenvalue weighted by Crippen LogP contribution is 2.37. The molecule has 1 fully saturated rings. The van der Waals surface area contributed by atoms with Crippen LogP contribution < -0.4 is 4.90 Å². The maximum atomic E-state index is 9.93. The van der Waals surface area contributed by atoms with Crippen LogP contribution in [0.5, 0.6) is 0 Å². The third-order valence-corrected chi connectivity index (χ3v) is 5.20. The summed E-state index contributed by atoms with van der Waals surface area (Å²) in [7, 11) is 0. The lowest BCUT2D eigenvalue weighted by atomic mass is 9.92. The molecule has 4 aromatic rings. The highest BCUT2D eigenvalue weighted by atomic mass is 16.4. The van der Waals surface area contributed by atoms with Crippen LogP contribution in [-0.4, -0.2) is 31.6 Å². The van der Waals surface area contributed by atoms with Gasteiger partial charge in [-0.3, -0.25) is 4.90 Å². The van der Waals surface area contributed by atoms with Crippen molar-refractivity contribution in [3.05, 3.63) is 55.1 Å². The van der Waals surface area contributed by atoms with Crippen molar-refractivity contribution < 1.29 is 9.52 Å². The first-order valence-electron chi connectivity index (χ1n) is 9.03. The largest absolute Gasteiger partial charge is 0.440 e. The van der Waals surface area contributed by atoms with E-state index in [0.29, 0.717) is 0 Å². The van der Waals surface area contributed by atoms with Crippen molar-refractivity contribution in [2.24, 2.45) is 0 Å². The van der Waals surface area contributed by atoms with E-state index < -0.39 is 0 Å². The minimum atomic E-state index is -0.209. The average molecular weight is 348 g/mol. The first-order valence-corrected chi connectivity index (χ1v) is 9.03. The summed E-state index contributed by atoms with van der Waals surface area (Å²) in [5.41, 5.74) is 1.66. The summed E-state index contributed by atoms with van der Waals surface area (Å²) >= 11 is 0. The zero-order valence-corrected chi connectivity index (χ0v) is 14.3. The quantitative estimate of drug-likeness (QED) is 0.608. The van der Waals surface area contributed by atoms with Crippen molar-refractivity contribution in [2.45, 2.75) is 37.8 Å². The molecule has 132 valence electrons. The summed E-state index contributed by atoms with van der Waals surface area (Å²) in [5.74, 6) is 1.56. The van der Waals surface area contributed by atoms with Crippen LogP contribution in [0.4, 0.5) is 11.7 Å². The number of benzene rings is 1. The molecule has 6 nitrogen and oxygen atoms in total. The Labute approximate surface area is 150 Å². The lowest BCUT2D eigenvalue weighted by Crippen LogP contribution is -2.36. The number of para-hydroxylation sites is 1. The van der Waals surface area contributed by atoms with E-state index in [1.165, 1.54) is 0 Å². The molecule has 0 atom stereocenters. The molecule has 1 aliphatic carbocycles. The van der Waals surface area contributed by atoms with Crippen molar-refractivity contribution in [3.63, 3.8) is 0 Å². The molecule has 0 amide bonds. The van der Waals surface area contributed by atoms with Gasteiger partial charge in [0.05, 0.1) is 6.10 Å². The van der Waals surface area contributed by atoms with Gasteiger partial charge in [-0.25, -0.2) is 9.97 Å². The zero-order valence-electron chi connectivity index (χ0n) is 14.3. The summed E-state index contributed by atoms with van der Waals surface area (Å²) < 4.78 is 8.14. The molecule has 0 radical (unpaired) electrons. The van der Waals surface area contributed by atoms with Crippen molar-refractivity contribution in [1.82, 2.24) is 14.4 Å². The normalized spacial score (nSPS) is 20.7. The van der Waals surface area contributed by atoms with Crippen molar-refractivity contribution in [1.29, 1.82) is 0 Å². The number of imidazole rings is 1. The van der Waals surface area contributed by atoms with E-state index in [1.54, 1.807) is 12.4 Å². The molecule has 5 rings (SSSR count). The zero-order chi connectivity index (χ0) is 17.5. The van der Waals surface area contributed by atoms with Crippen LogP contribution in [0, 0.1) is 0 Å². The number of anilines is 2. The summed E-state index contributed by atoms with van der Waals surface area (Å²) in [6.45, 7) is 0. The van der Waals surface area contributed by atoms with Crippen molar-refractivity contribution in [3.8, 4) is 0 Å². The molecule has 26 heavy (non-hydrogen) atoms. The van der Waals surface area contributed by atoms with Gasteiger partial charge in [-0.15, -0.1) is 0 Å². The Balaban J connectivity index is 1.66. The fourth-order valence-corrected chi connectivity index (χ4v) is 3.87. The fourth-order valence-electron chi connectivity index (χ4n) is 3.87. The maximum absolute atomic E-state index is 9.93. The number of hydrogen-bond donors (Lipinski definition) is 1. The third kappa shape index (κ3) is 2.54. The molecule has 0 saturated heterocycles. The second kappa shape index (κ2) is 6.14. The van der Waals surface area contributed by atoms with E-state index in [-0.39, 0.29) is 12.1 Å². The van der Waals surface area contributed by atoms with Crippen molar-refractivity contribution in [2.75, 3.05) is 4.90 Å². The smallest absolute Gasteiger partial charge is 0.202 e. The van der Waals surface area contributed by atoms with E-state index in [0.717, 1.165) is 54.0 Å². The van der Waals surface area contributed by atoms with E-state index >= 15 is 0 Å². The molecule has 1 aliphatic rings. The van der Waals surface area contributed by atoms with E-state index in [4.69, 9.17) is 4.42 Å². The molecule has 3 heterocycles. The molecular formula is C20H20N4O2. The molecule has 0 aliphatic heterocycles. The topological polar surface area (TPSA) is 66.8 Å². The van der Waals surface area contributed by atoms with Crippen LogP contribution >= 0.6 is 0 Å². The maximum Gasteiger partial charge on any atom is 0.202 e. The van der Waals surface area contributed by atoms with Gasteiger partial charge in [0.15, 0.2) is 11.5 Å². The Morgan fingerprint density at radius 2 is 1.81 bits per heavy atom. The first kappa shape index (κ1) is 15.4. The van der Waals surface area contributed by atoms with Crippen LogP contribution in [0.15, 0.2) is 59.5 Å². The predicted molar refractivity (Wildman–Crippen MR) is 99.6 cm³/mol. The minimum Gasteiger partial charge on any atom is -0.440 e. The van der Waals surface area contributed by atoms with Gasteiger partial charge in [0.25, 0.3) is 0 Å².